The normalized spacial score (nSPS) is 11.3. The van der Waals surface area contributed by atoms with E-state index in [4.69, 9.17) is 10.6 Å². The Kier molecular flexibility index (Phi) is 5.16. The van der Waals surface area contributed by atoms with Gasteiger partial charge in [0.25, 0.3) is 0 Å². The molecule has 0 unspecified atom stereocenters. The Morgan fingerprint density at radius 3 is 2.65 bits per heavy atom. The molecule has 0 atom stereocenters. The molecule has 1 rings (SSSR count). The maximum absolute atomic E-state index is 12.6. The molecule has 0 spiro atoms. The molecule has 0 heterocycles. The molecule has 1 aromatic carbocycles. The predicted molar refractivity (Wildman–Crippen MR) is 66.1 cm³/mol. The van der Waals surface area contributed by atoms with Gasteiger partial charge in [-0.25, -0.2) is 4.79 Å². The van der Waals surface area contributed by atoms with Crippen LogP contribution in [-0.2, 0) is 6.18 Å². The van der Waals surface area contributed by atoms with Crippen LogP contribution in [0.15, 0.2) is 29.4 Å². The highest BCUT2D eigenvalue weighted by atomic mass is 19.4. The molecule has 0 aliphatic carbocycles. The fraction of sp³-hybridized carbons (Fsp3) is 0.250. The monoisotopic (exact) mass is 285 g/mol. The van der Waals surface area contributed by atoms with E-state index in [1.807, 2.05) is 0 Å². The van der Waals surface area contributed by atoms with Crippen molar-refractivity contribution in [2.24, 2.45) is 5.11 Å². The molecule has 0 saturated carbocycles. The first kappa shape index (κ1) is 15.6. The van der Waals surface area contributed by atoms with Crippen LogP contribution in [0.3, 0.4) is 0 Å². The first-order valence-corrected chi connectivity index (χ1v) is 5.47. The van der Waals surface area contributed by atoms with Gasteiger partial charge in [0.05, 0.1) is 11.1 Å². The molecule has 0 bridgehead atoms. The van der Waals surface area contributed by atoms with Crippen molar-refractivity contribution in [3.05, 3.63) is 51.4 Å². The number of alkyl halides is 3. The summed E-state index contributed by atoms with van der Waals surface area (Å²) in [5, 5.41) is 12.1. The minimum absolute atomic E-state index is 0.123. The van der Waals surface area contributed by atoms with E-state index in [9.17, 15) is 18.0 Å². The molecule has 0 radical (unpaired) electrons. The van der Waals surface area contributed by atoms with Gasteiger partial charge in [-0.3, -0.25) is 0 Å². The molecule has 106 valence electrons. The Morgan fingerprint density at radius 1 is 1.40 bits per heavy atom. The standard InChI is InChI=1S/C12H10F3N3O2/c13-12(14,15)10-6-8(3-1-2-4-17-18-16)5-9(7-10)11(19)20/h1,3,5-7H,2,4H2,(H,19,20). The Hall–Kier alpha value is -2.47. The van der Waals surface area contributed by atoms with Crippen LogP contribution in [0.25, 0.3) is 16.5 Å². The Bertz CT molecular complexity index is 576. The zero-order valence-corrected chi connectivity index (χ0v) is 10.1. The number of azide groups is 1. The van der Waals surface area contributed by atoms with E-state index in [0.717, 1.165) is 12.1 Å². The summed E-state index contributed by atoms with van der Waals surface area (Å²) in [7, 11) is 0. The minimum atomic E-state index is -4.61. The number of nitrogens with zero attached hydrogens (tertiary/aromatic N) is 3. The van der Waals surface area contributed by atoms with Gasteiger partial charge in [0.15, 0.2) is 0 Å². The van der Waals surface area contributed by atoms with E-state index >= 15 is 0 Å². The topological polar surface area (TPSA) is 86.1 Å². The average molecular weight is 285 g/mol. The van der Waals surface area contributed by atoms with Crippen LogP contribution in [0.4, 0.5) is 13.2 Å². The van der Waals surface area contributed by atoms with Gasteiger partial charge in [0, 0.05) is 11.5 Å². The zero-order chi connectivity index (χ0) is 15.2. The number of halogens is 3. The zero-order valence-electron chi connectivity index (χ0n) is 10.1. The van der Waals surface area contributed by atoms with E-state index in [0.29, 0.717) is 12.5 Å². The number of carboxylic acid groups (broad SMARTS) is 1. The van der Waals surface area contributed by atoms with Crippen molar-refractivity contribution >= 4 is 12.0 Å². The average Bonchev–Trinajstić information content (AvgIpc) is 2.37. The number of rotatable bonds is 5. The molecule has 1 aromatic rings. The van der Waals surface area contributed by atoms with E-state index in [1.165, 1.54) is 12.2 Å². The minimum Gasteiger partial charge on any atom is -0.478 e. The highest BCUT2D eigenvalue weighted by molar-refractivity contribution is 5.88. The summed E-state index contributed by atoms with van der Waals surface area (Å²) in [4.78, 5) is 13.3. The molecule has 0 fully saturated rings. The number of benzene rings is 1. The van der Waals surface area contributed by atoms with Crippen LogP contribution in [-0.4, -0.2) is 17.6 Å². The number of aromatic carboxylic acids is 1. The fourth-order valence-electron chi connectivity index (χ4n) is 1.43. The van der Waals surface area contributed by atoms with Gasteiger partial charge in [-0.1, -0.05) is 17.3 Å². The van der Waals surface area contributed by atoms with Gasteiger partial charge in [0.1, 0.15) is 0 Å². The van der Waals surface area contributed by atoms with Gasteiger partial charge < -0.3 is 5.11 Å². The second-order valence-corrected chi connectivity index (χ2v) is 3.79. The van der Waals surface area contributed by atoms with Crippen LogP contribution in [0.5, 0.6) is 0 Å². The Labute approximate surface area is 112 Å². The molecule has 0 saturated heterocycles. The maximum Gasteiger partial charge on any atom is 0.416 e. The molecule has 8 heteroatoms. The molecule has 20 heavy (non-hydrogen) atoms. The lowest BCUT2D eigenvalue weighted by atomic mass is 10.0. The highest BCUT2D eigenvalue weighted by Gasteiger charge is 2.31. The lowest BCUT2D eigenvalue weighted by Crippen LogP contribution is -2.08. The first-order chi connectivity index (χ1) is 9.34. The van der Waals surface area contributed by atoms with Crippen molar-refractivity contribution in [2.75, 3.05) is 6.54 Å². The molecule has 0 aliphatic rings. The lowest BCUT2D eigenvalue weighted by Gasteiger charge is -2.08. The van der Waals surface area contributed by atoms with Crippen molar-refractivity contribution in [3.8, 4) is 0 Å². The van der Waals surface area contributed by atoms with Crippen LogP contribution in [0.1, 0.15) is 27.9 Å². The summed E-state index contributed by atoms with van der Waals surface area (Å²) in [5.74, 6) is -1.43. The van der Waals surface area contributed by atoms with E-state index in [1.54, 1.807) is 0 Å². The van der Waals surface area contributed by atoms with Crippen molar-refractivity contribution in [1.29, 1.82) is 0 Å². The second-order valence-electron chi connectivity index (χ2n) is 3.79. The summed E-state index contributed by atoms with van der Waals surface area (Å²) >= 11 is 0. The summed E-state index contributed by atoms with van der Waals surface area (Å²) < 4.78 is 37.9. The quantitative estimate of drug-likeness (QED) is 0.382. The van der Waals surface area contributed by atoms with Crippen LogP contribution >= 0.6 is 0 Å². The van der Waals surface area contributed by atoms with Crippen LogP contribution < -0.4 is 0 Å². The third-order valence-electron chi connectivity index (χ3n) is 2.30. The van der Waals surface area contributed by atoms with Gasteiger partial charge in [-0.2, -0.15) is 13.2 Å². The molecule has 5 nitrogen and oxygen atoms in total. The Morgan fingerprint density at radius 2 is 2.10 bits per heavy atom. The van der Waals surface area contributed by atoms with Crippen molar-refractivity contribution in [2.45, 2.75) is 12.6 Å². The van der Waals surface area contributed by atoms with Gasteiger partial charge >= 0.3 is 12.1 Å². The van der Waals surface area contributed by atoms with Gasteiger partial charge in [-0.05, 0) is 35.7 Å². The Balaban J connectivity index is 3.03. The van der Waals surface area contributed by atoms with Crippen molar-refractivity contribution < 1.29 is 23.1 Å². The largest absolute Gasteiger partial charge is 0.478 e. The highest BCUT2D eigenvalue weighted by Crippen LogP contribution is 2.31. The SMILES string of the molecule is [N-]=[N+]=NCCC=Cc1cc(C(=O)O)cc(C(F)(F)F)c1. The summed E-state index contributed by atoms with van der Waals surface area (Å²) in [6.45, 7) is 0.178. The second kappa shape index (κ2) is 6.63. The third-order valence-corrected chi connectivity index (χ3v) is 2.30. The number of hydrogen-bond acceptors (Lipinski definition) is 2. The van der Waals surface area contributed by atoms with Gasteiger partial charge in [-0.15, -0.1) is 0 Å². The predicted octanol–water partition coefficient (Wildman–Crippen LogP) is 4.12. The van der Waals surface area contributed by atoms with Crippen LogP contribution in [0.2, 0.25) is 0 Å². The van der Waals surface area contributed by atoms with Crippen molar-refractivity contribution in [1.82, 2.24) is 0 Å². The molecular weight excluding hydrogens is 275 g/mol. The molecule has 0 aromatic heterocycles. The molecule has 0 aliphatic heterocycles. The molecular formula is C12H10F3N3O2. The smallest absolute Gasteiger partial charge is 0.416 e. The first-order valence-electron chi connectivity index (χ1n) is 5.47. The number of carboxylic acids is 1. The van der Waals surface area contributed by atoms with Crippen molar-refractivity contribution in [3.63, 3.8) is 0 Å². The maximum atomic E-state index is 12.6. The summed E-state index contributed by atoms with van der Waals surface area (Å²) in [6.07, 6.45) is -1.40. The third kappa shape index (κ3) is 4.66. The summed E-state index contributed by atoms with van der Waals surface area (Å²) in [6, 6.07) is 2.58. The number of carbonyl (C=O) groups is 1. The van der Waals surface area contributed by atoms with E-state index in [-0.39, 0.29) is 12.1 Å². The number of hydrogen-bond donors (Lipinski definition) is 1. The van der Waals surface area contributed by atoms with Crippen LogP contribution in [0, 0.1) is 0 Å². The fourth-order valence-corrected chi connectivity index (χ4v) is 1.43. The lowest BCUT2D eigenvalue weighted by molar-refractivity contribution is -0.137. The van der Waals surface area contributed by atoms with E-state index in [2.05, 4.69) is 10.0 Å². The molecule has 1 N–H and O–H groups in total. The van der Waals surface area contributed by atoms with Gasteiger partial charge in [0.2, 0.25) is 0 Å². The molecule has 0 amide bonds. The summed E-state index contributed by atoms with van der Waals surface area (Å²) in [5.41, 5.74) is 6.72. The van der Waals surface area contributed by atoms with E-state index < -0.39 is 23.3 Å².